The Morgan fingerprint density at radius 1 is 1.36 bits per heavy atom. The van der Waals surface area contributed by atoms with Gasteiger partial charge in [-0.15, -0.1) is 0 Å². The zero-order valence-electron chi connectivity index (χ0n) is 12.2. The number of amides is 2. The number of piperazine rings is 1. The molecule has 0 atom stereocenters. The molecule has 1 saturated heterocycles. The van der Waals surface area contributed by atoms with Gasteiger partial charge in [-0.3, -0.25) is 14.7 Å². The number of rotatable bonds is 3. The van der Waals surface area contributed by atoms with Crippen molar-refractivity contribution in [2.75, 3.05) is 31.6 Å². The number of anilines is 1. The van der Waals surface area contributed by atoms with E-state index in [4.69, 9.17) is 4.74 Å². The highest BCUT2D eigenvalue weighted by atomic mass is 16.5. The number of nitrogens with one attached hydrogen (secondary N) is 1. The minimum absolute atomic E-state index is 0.0568. The van der Waals surface area contributed by atoms with Crippen molar-refractivity contribution in [1.82, 2.24) is 15.1 Å². The molecule has 1 aliphatic rings. The summed E-state index contributed by atoms with van der Waals surface area (Å²) in [6, 6.07) is 7.33. The monoisotopic (exact) mass is 300 g/mol. The summed E-state index contributed by atoms with van der Waals surface area (Å²) in [5, 5.41) is 6.36. The Morgan fingerprint density at radius 3 is 2.91 bits per heavy atom. The topological polar surface area (TPSA) is 78.5 Å². The number of hydrogen-bond donors (Lipinski definition) is 1. The maximum atomic E-state index is 12.3. The number of carbonyl (C=O) groups excluding carboxylic acids is 2. The number of methoxy groups -OCH3 is 1. The van der Waals surface area contributed by atoms with Crippen molar-refractivity contribution in [2.24, 2.45) is 0 Å². The van der Waals surface area contributed by atoms with Crippen LogP contribution in [0.4, 0.5) is 5.69 Å². The quantitative estimate of drug-likeness (QED) is 0.914. The van der Waals surface area contributed by atoms with Crippen molar-refractivity contribution < 1.29 is 14.3 Å². The van der Waals surface area contributed by atoms with Gasteiger partial charge in [-0.05, 0) is 12.1 Å². The average Bonchev–Trinajstić information content (AvgIpc) is 3.08. The summed E-state index contributed by atoms with van der Waals surface area (Å²) in [5.41, 5.74) is 1.24. The van der Waals surface area contributed by atoms with Crippen molar-refractivity contribution in [3.05, 3.63) is 42.2 Å². The summed E-state index contributed by atoms with van der Waals surface area (Å²) in [6.07, 6.45) is 2.99. The van der Waals surface area contributed by atoms with E-state index in [2.05, 4.69) is 10.2 Å². The molecule has 0 radical (unpaired) electrons. The van der Waals surface area contributed by atoms with E-state index < -0.39 is 0 Å². The molecule has 3 rings (SSSR count). The Hall–Kier alpha value is -2.83. The van der Waals surface area contributed by atoms with Crippen LogP contribution in [0.25, 0.3) is 0 Å². The molecule has 1 aliphatic heterocycles. The van der Waals surface area contributed by atoms with Crippen LogP contribution < -0.4 is 9.64 Å². The molecule has 1 fully saturated rings. The summed E-state index contributed by atoms with van der Waals surface area (Å²) < 4.78 is 5.18. The molecule has 0 bridgehead atoms. The van der Waals surface area contributed by atoms with Gasteiger partial charge in [0.15, 0.2) is 0 Å². The molecule has 1 aromatic carbocycles. The molecule has 2 amide bonds. The van der Waals surface area contributed by atoms with Crippen LogP contribution in [-0.2, 0) is 4.79 Å². The van der Waals surface area contributed by atoms with Gasteiger partial charge in [0, 0.05) is 31.0 Å². The Balaban J connectivity index is 1.72. The summed E-state index contributed by atoms with van der Waals surface area (Å²) in [7, 11) is 1.59. The van der Waals surface area contributed by atoms with Crippen LogP contribution >= 0.6 is 0 Å². The Morgan fingerprint density at radius 2 is 2.23 bits per heavy atom. The highest BCUT2D eigenvalue weighted by molar-refractivity contribution is 6.01. The van der Waals surface area contributed by atoms with Crippen molar-refractivity contribution in [3.8, 4) is 5.75 Å². The van der Waals surface area contributed by atoms with Crippen molar-refractivity contribution in [3.63, 3.8) is 0 Å². The summed E-state index contributed by atoms with van der Waals surface area (Å²) in [5.74, 6) is 0.394. The molecule has 0 spiro atoms. The number of aromatic nitrogens is 2. The lowest BCUT2D eigenvalue weighted by atomic mass is 10.2. The van der Waals surface area contributed by atoms with Gasteiger partial charge in [-0.1, -0.05) is 6.07 Å². The van der Waals surface area contributed by atoms with E-state index in [0.29, 0.717) is 24.4 Å². The van der Waals surface area contributed by atoms with Gasteiger partial charge in [0.05, 0.1) is 18.9 Å². The fourth-order valence-corrected chi connectivity index (χ4v) is 2.45. The van der Waals surface area contributed by atoms with Gasteiger partial charge in [-0.2, -0.15) is 5.10 Å². The third-order valence-electron chi connectivity index (χ3n) is 3.62. The lowest BCUT2D eigenvalue weighted by molar-refractivity contribution is -0.120. The summed E-state index contributed by atoms with van der Waals surface area (Å²) >= 11 is 0. The first-order valence-corrected chi connectivity index (χ1v) is 6.91. The van der Waals surface area contributed by atoms with Crippen molar-refractivity contribution in [2.45, 2.75) is 0 Å². The molecule has 7 heteroatoms. The van der Waals surface area contributed by atoms with Gasteiger partial charge >= 0.3 is 0 Å². The van der Waals surface area contributed by atoms with Crippen LogP contribution in [0.5, 0.6) is 5.75 Å². The summed E-state index contributed by atoms with van der Waals surface area (Å²) in [6.45, 7) is 0.990. The van der Waals surface area contributed by atoms with Gasteiger partial charge in [0.25, 0.3) is 5.91 Å². The Kier molecular flexibility index (Phi) is 3.78. The first-order valence-electron chi connectivity index (χ1n) is 6.91. The number of nitrogens with zero attached hydrogens (tertiary/aromatic N) is 3. The number of aromatic amines is 1. The van der Waals surface area contributed by atoms with E-state index in [1.165, 1.54) is 17.3 Å². The van der Waals surface area contributed by atoms with Gasteiger partial charge in [-0.25, -0.2) is 0 Å². The number of benzene rings is 1. The number of H-pyrrole nitrogens is 1. The fraction of sp³-hybridized carbons (Fsp3) is 0.267. The van der Waals surface area contributed by atoms with Crippen molar-refractivity contribution in [1.29, 1.82) is 0 Å². The van der Waals surface area contributed by atoms with E-state index in [-0.39, 0.29) is 18.4 Å². The molecule has 22 heavy (non-hydrogen) atoms. The third-order valence-corrected chi connectivity index (χ3v) is 3.62. The minimum atomic E-state index is -0.188. The third kappa shape index (κ3) is 2.65. The predicted octanol–water partition coefficient (Wildman–Crippen LogP) is 0.907. The van der Waals surface area contributed by atoms with Gasteiger partial charge in [0.1, 0.15) is 12.3 Å². The van der Waals surface area contributed by atoms with Crippen LogP contribution in [0.1, 0.15) is 10.4 Å². The number of ether oxygens (including phenoxy) is 1. The lowest BCUT2D eigenvalue weighted by Crippen LogP contribution is -2.52. The van der Waals surface area contributed by atoms with E-state index in [1.807, 2.05) is 24.3 Å². The Bertz CT molecular complexity index is 684. The summed E-state index contributed by atoms with van der Waals surface area (Å²) in [4.78, 5) is 27.8. The van der Waals surface area contributed by atoms with E-state index >= 15 is 0 Å². The molecular weight excluding hydrogens is 284 g/mol. The molecule has 114 valence electrons. The highest BCUT2D eigenvalue weighted by Gasteiger charge is 2.29. The standard InChI is InChI=1S/C15H16N4O3/c1-22-13-4-2-3-12(7-13)19-6-5-18(10-14(19)20)15(21)11-8-16-17-9-11/h2-4,7-9H,5-6,10H2,1H3,(H,16,17). The maximum absolute atomic E-state index is 12.3. The van der Waals surface area contributed by atoms with Gasteiger partial charge < -0.3 is 14.5 Å². The fourth-order valence-electron chi connectivity index (χ4n) is 2.45. The minimum Gasteiger partial charge on any atom is -0.497 e. The molecule has 0 saturated carbocycles. The first-order chi connectivity index (χ1) is 10.7. The second kappa shape index (κ2) is 5.88. The van der Waals surface area contributed by atoms with E-state index in [1.54, 1.807) is 12.0 Å². The zero-order chi connectivity index (χ0) is 15.5. The molecular formula is C15H16N4O3. The van der Waals surface area contributed by atoms with E-state index in [9.17, 15) is 9.59 Å². The van der Waals surface area contributed by atoms with Crippen LogP contribution in [0.3, 0.4) is 0 Å². The molecule has 2 aromatic rings. The van der Waals surface area contributed by atoms with Crippen LogP contribution in [-0.4, -0.2) is 53.7 Å². The number of carbonyl (C=O) groups is 2. The first kappa shape index (κ1) is 14.1. The molecule has 1 N–H and O–H groups in total. The second-order valence-electron chi connectivity index (χ2n) is 4.96. The van der Waals surface area contributed by atoms with Gasteiger partial charge in [0.2, 0.25) is 5.91 Å². The molecule has 0 unspecified atom stereocenters. The Labute approximate surface area is 127 Å². The van der Waals surface area contributed by atoms with Crippen LogP contribution in [0, 0.1) is 0 Å². The van der Waals surface area contributed by atoms with Crippen LogP contribution in [0.15, 0.2) is 36.7 Å². The largest absolute Gasteiger partial charge is 0.497 e. The lowest BCUT2D eigenvalue weighted by Gasteiger charge is -2.34. The van der Waals surface area contributed by atoms with Crippen LogP contribution in [0.2, 0.25) is 0 Å². The van der Waals surface area contributed by atoms with E-state index in [0.717, 1.165) is 5.69 Å². The maximum Gasteiger partial charge on any atom is 0.257 e. The molecule has 0 aliphatic carbocycles. The molecule has 7 nitrogen and oxygen atoms in total. The zero-order valence-corrected chi connectivity index (χ0v) is 12.2. The second-order valence-corrected chi connectivity index (χ2v) is 4.96. The SMILES string of the molecule is COc1cccc(N2CCN(C(=O)c3cn[nH]c3)CC2=O)c1. The highest BCUT2D eigenvalue weighted by Crippen LogP contribution is 2.23. The van der Waals surface area contributed by atoms with Crippen molar-refractivity contribution >= 4 is 17.5 Å². The molecule has 2 heterocycles. The smallest absolute Gasteiger partial charge is 0.257 e. The number of hydrogen-bond acceptors (Lipinski definition) is 4. The predicted molar refractivity (Wildman–Crippen MR) is 79.8 cm³/mol. The average molecular weight is 300 g/mol. The molecule has 1 aromatic heterocycles. The normalized spacial score (nSPS) is 15.0.